The number of rotatable bonds is 8. The molecule has 1 unspecified atom stereocenters. The molecule has 0 bridgehead atoms. The van der Waals surface area contributed by atoms with E-state index in [-0.39, 0.29) is 23.7 Å². The molecule has 1 atom stereocenters. The third-order valence-corrected chi connectivity index (χ3v) is 7.24. The number of benzene rings is 1. The molecule has 1 N–H and O–H groups in total. The van der Waals surface area contributed by atoms with Crippen LogP contribution in [-0.4, -0.2) is 77.9 Å². The summed E-state index contributed by atoms with van der Waals surface area (Å²) in [5.74, 6) is 0.937. The quantitative estimate of drug-likeness (QED) is 0.567. The molecular weight excluding hydrogens is 456 g/mol. The van der Waals surface area contributed by atoms with E-state index in [2.05, 4.69) is 25.0 Å². The molecule has 3 saturated heterocycles. The van der Waals surface area contributed by atoms with Gasteiger partial charge in [-0.15, -0.1) is 10.2 Å². The molecule has 2 aromatic rings. The van der Waals surface area contributed by atoms with Crippen LogP contribution in [0.4, 0.5) is 17.3 Å². The first-order valence-electron chi connectivity index (χ1n) is 11.9. The fourth-order valence-electron chi connectivity index (χ4n) is 4.57. The first-order valence-corrected chi connectivity index (χ1v) is 12.9. The van der Waals surface area contributed by atoms with Crippen LogP contribution in [0.2, 0.25) is 0 Å². The van der Waals surface area contributed by atoms with Gasteiger partial charge in [0.1, 0.15) is 0 Å². The molecule has 34 heavy (non-hydrogen) atoms. The van der Waals surface area contributed by atoms with Crippen molar-refractivity contribution in [3.05, 3.63) is 24.3 Å². The van der Waals surface area contributed by atoms with Crippen LogP contribution in [0.1, 0.15) is 25.7 Å². The van der Waals surface area contributed by atoms with Gasteiger partial charge in [0.05, 0.1) is 43.0 Å². The minimum Gasteiger partial charge on any atom is -0.378 e. The van der Waals surface area contributed by atoms with Crippen molar-refractivity contribution in [3.8, 4) is 0 Å². The zero-order chi connectivity index (χ0) is 23.3. The number of hydrogen-bond donors (Lipinski definition) is 1. The molecule has 1 aromatic carbocycles. The summed E-state index contributed by atoms with van der Waals surface area (Å²) >= 11 is 1.36. The Morgan fingerprint density at radius 3 is 2.74 bits per heavy atom. The lowest BCUT2D eigenvalue weighted by molar-refractivity contribution is -0.117. The zero-order valence-corrected chi connectivity index (χ0v) is 20.0. The summed E-state index contributed by atoms with van der Waals surface area (Å²) in [5.41, 5.74) is 1.40. The standard InChI is InChI=1S/C23H30N6O4S/c30-20(24-18-6-1-2-7-19(18)28-9-3-8-21(28)31)16-34-23-26-25-22(27-10-13-32-14-11-27)29(23)15-17-5-4-12-33-17/h1-2,6-7,17H,3-5,8-16H2,(H,24,30). The van der Waals surface area contributed by atoms with E-state index in [0.29, 0.717) is 43.6 Å². The molecule has 3 fully saturated rings. The Kier molecular flexibility index (Phi) is 7.31. The predicted octanol–water partition coefficient (Wildman–Crippen LogP) is 2.15. The molecule has 0 aliphatic carbocycles. The number of para-hydroxylation sites is 2. The fraction of sp³-hybridized carbons (Fsp3) is 0.565. The summed E-state index contributed by atoms with van der Waals surface area (Å²) in [6.45, 7) is 4.99. The largest absolute Gasteiger partial charge is 0.378 e. The van der Waals surface area contributed by atoms with Gasteiger partial charge >= 0.3 is 0 Å². The van der Waals surface area contributed by atoms with E-state index in [4.69, 9.17) is 9.47 Å². The third-order valence-electron chi connectivity index (χ3n) is 6.28. The topological polar surface area (TPSA) is 102 Å². The molecule has 0 radical (unpaired) electrons. The zero-order valence-electron chi connectivity index (χ0n) is 19.1. The first kappa shape index (κ1) is 23.1. The van der Waals surface area contributed by atoms with Crippen molar-refractivity contribution in [2.24, 2.45) is 0 Å². The van der Waals surface area contributed by atoms with E-state index < -0.39 is 0 Å². The van der Waals surface area contributed by atoms with E-state index in [0.717, 1.165) is 50.6 Å². The van der Waals surface area contributed by atoms with E-state index >= 15 is 0 Å². The predicted molar refractivity (Wildman–Crippen MR) is 129 cm³/mol. The average molecular weight is 487 g/mol. The Morgan fingerprint density at radius 1 is 1.12 bits per heavy atom. The Bertz CT molecular complexity index is 1020. The van der Waals surface area contributed by atoms with E-state index in [1.54, 1.807) is 4.90 Å². The van der Waals surface area contributed by atoms with E-state index in [1.807, 2.05) is 24.3 Å². The number of anilines is 3. The number of thioether (sulfide) groups is 1. The van der Waals surface area contributed by atoms with Crippen LogP contribution in [0.3, 0.4) is 0 Å². The number of amides is 2. The number of nitrogens with zero attached hydrogens (tertiary/aromatic N) is 5. The highest BCUT2D eigenvalue weighted by Crippen LogP contribution is 2.30. The van der Waals surface area contributed by atoms with Crippen molar-refractivity contribution in [1.82, 2.24) is 14.8 Å². The van der Waals surface area contributed by atoms with Gasteiger partial charge in [-0.3, -0.25) is 14.2 Å². The van der Waals surface area contributed by atoms with Gasteiger partial charge in [-0.2, -0.15) is 0 Å². The van der Waals surface area contributed by atoms with E-state index in [9.17, 15) is 9.59 Å². The van der Waals surface area contributed by atoms with Crippen molar-refractivity contribution in [2.75, 3.05) is 60.3 Å². The van der Waals surface area contributed by atoms with Crippen molar-refractivity contribution in [3.63, 3.8) is 0 Å². The second kappa shape index (κ2) is 10.7. The van der Waals surface area contributed by atoms with Crippen molar-refractivity contribution in [2.45, 2.75) is 43.5 Å². The summed E-state index contributed by atoms with van der Waals surface area (Å²) in [6, 6.07) is 7.45. The number of morpholine rings is 1. The number of hydrogen-bond acceptors (Lipinski definition) is 8. The summed E-state index contributed by atoms with van der Waals surface area (Å²) < 4.78 is 13.4. The average Bonchev–Trinajstić information content (AvgIpc) is 3.61. The molecule has 11 heteroatoms. The van der Waals surface area contributed by atoms with Crippen LogP contribution in [0, 0.1) is 0 Å². The van der Waals surface area contributed by atoms with Gasteiger partial charge in [-0.1, -0.05) is 23.9 Å². The van der Waals surface area contributed by atoms with Gasteiger partial charge in [0.15, 0.2) is 5.16 Å². The van der Waals surface area contributed by atoms with Gasteiger partial charge in [0.2, 0.25) is 17.8 Å². The minimum absolute atomic E-state index is 0.0916. The smallest absolute Gasteiger partial charge is 0.234 e. The maximum atomic E-state index is 12.9. The summed E-state index contributed by atoms with van der Waals surface area (Å²) in [5, 5.41) is 12.5. The molecule has 5 rings (SSSR count). The normalized spacial score (nSPS) is 20.8. The second-order valence-corrected chi connectivity index (χ2v) is 9.57. The Hall–Kier alpha value is -2.63. The Balaban J connectivity index is 1.27. The number of nitrogens with one attached hydrogen (secondary N) is 1. The SMILES string of the molecule is O=C(CSc1nnc(N2CCOCC2)n1CC1CCCO1)Nc1ccccc1N1CCCC1=O. The highest BCUT2D eigenvalue weighted by Gasteiger charge is 2.26. The molecular formula is C23H30N6O4S. The number of ether oxygens (including phenoxy) is 2. The van der Waals surface area contributed by atoms with Crippen LogP contribution >= 0.6 is 11.8 Å². The summed E-state index contributed by atoms with van der Waals surface area (Å²) in [7, 11) is 0. The third kappa shape index (κ3) is 5.21. The van der Waals surface area contributed by atoms with Crippen LogP contribution < -0.4 is 15.1 Å². The highest BCUT2D eigenvalue weighted by atomic mass is 32.2. The Morgan fingerprint density at radius 2 is 1.97 bits per heavy atom. The van der Waals surface area contributed by atoms with Crippen molar-refractivity contribution < 1.29 is 19.1 Å². The molecule has 3 aliphatic heterocycles. The van der Waals surface area contributed by atoms with Crippen LogP contribution in [0.5, 0.6) is 0 Å². The maximum absolute atomic E-state index is 12.9. The second-order valence-electron chi connectivity index (χ2n) is 8.63. The van der Waals surface area contributed by atoms with Gasteiger partial charge in [-0.05, 0) is 31.4 Å². The maximum Gasteiger partial charge on any atom is 0.234 e. The minimum atomic E-state index is -0.149. The highest BCUT2D eigenvalue weighted by molar-refractivity contribution is 7.99. The van der Waals surface area contributed by atoms with Crippen LogP contribution in [-0.2, 0) is 25.6 Å². The number of aromatic nitrogens is 3. The van der Waals surface area contributed by atoms with Crippen molar-refractivity contribution in [1.29, 1.82) is 0 Å². The molecule has 182 valence electrons. The summed E-state index contributed by atoms with van der Waals surface area (Å²) in [4.78, 5) is 29.0. The number of carbonyl (C=O) groups excluding carboxylic acids is 2. The van der Waals surface area contributed by atoms with Crippen molar-refractivity contribution >= 4 is 40.9 Å². The van der Waals surface area contributed by atoms with Gasteiger partial charge in [-0.25, -0.2) is 0 Å². The molecule has 10 nitrogen and oxygen atoms in total. The Labute approximate surface area is 203 Å². The lowest BCUT2D eigenvalue weighted by atomic mass is 10.2. The van der Waals surface area contributed by atoms with Gasteiger partial charge in [0, 0.05) is 32.7 Å². The van der Waals surface area contributed by atoms with E-state index in [1.165, 1.54) is 11.8 Å². The summed E-state index contributed by atoms with van der Waals surface area (Å²) in [6.07, 6.45) is 3.59. The fourth-order valence-corrected chi connectivity index (χ4v) is 5.31. The van der Waals surface area contributed by atoms with Gasteiger partial charge < -0.3 is 24.6 Å². The molecule has 3 aliphatic rings. The lowest BCUT2D eigenvalue weighted by Gasteiger charge is -2.28. The molecule has 0 saturated carbocycles. The molecule has 0 spiro atoms. The lowest BCUT2D eigenvalue weighted by Crippen LogP contribution is -2.38. The molecule has 2 amide bonds. The van der Waals surface area contributed by atoms with Gasteiger partial charge in [0.25, 0.3) is 0 Å². The number of carbonyl (C=O) groups is 2. The molecule has 1 aromatic heterocycles. The monoisotopic (exact) mass is 486 g/mol. The van der Waals surface area contributed by atoms with Crippen LogP contribution in [0.25, 0.3) is 0 Å². The van der Waals surface area contributed by atoms with Crippen LogP contribution in [0.15, 0.2) is 29.4 Å². The molecule has 4 heterocycles. The first-order chi connectivity index (χ1) is 16.7.